The molecule has 1 aliphatic carbocycles. The molecule has 0 radical (unpaired) electrons. The van der Waals surface area contributed by atoms with Gasteiger partial charge in [0.05, 0.1) is 24.9 Å². The number of nitriles is 1. The van der Waals surface area contributed by atoms with E-state index in [1.165, 1.54) is 25.8 Å². The highest BCUT2D eigenvalue weighted by Gasteiger charge is 2.45. The fraction of sp³-hybridized carbons (Fsp3) is 0.667. The van der Waals surface area contributed by atoms with Crippen LogP contribution in [0.25, 0.3) is 0 Å². The lowest BCUT2D eigenvalue weighted by molar-refractivity contribution is 0.0716. The van der Waals surface area contributed by atoms with Gasteiger partial charge in [-0.3, -0.25) is 4.90 Å². The molecule has 2 aliphatic heterocycles. The number of fused-ring (bicyclic) bond motifs is 1. The number of hydrogen-bond donors (Lipinski definition) is 0. The molecule has 1 saturated carbocycles. The molecule has 122 valence electrons. The van der Waals surface area contributed by atoms with Gasteiger partial charge >= 0.3 is 0 Å². The Labute approximate surface area is 137 Å². The van der Waals surface area contributed by atoms with Crippen LogP contribution in [0.1, 0.15) is 31.2 Å². The van der Waals surface area contributed by atoms with Crippen LogP contribution in [-0.4, -0.2) is 48.3 Å². The fourth-order valence-electron chi connectivity index (χ4n) is 4.02. The monoisotopic (exact) mass is 313 g/mol. The lowest BCUT2D eigenvalue weighted by Gasteiger charge is -2.35. The van der Waals surface area contributed by atoms with Crippen LogP contribution in [0.15, 0.2) is 18.3 Å². The zero-order valence-corrected chi connectivity index (χ0v) is 13.4. The van der Waals surface area contributed by atoms with Gasteiger partial charge in [0.25, 0.3) is 0 Å². The Bertz CT molecular complexity index is 579. The summed E-state index contributed by atoms with van der Waals surface area (Å²) >= 11 is 0. The van der Waals surface area contributed by atoms with Crippen LogP contribution in [0.2, 0.25) is 0 Å². The third kappa shape index (κ3) is 3.06. The second kappa shape index (κ2) is 6.46. The Balaban J connectivity index is 1.25. The van der Waals surface area contributed by atoms with Crippen LogP contribution in [0.3, 0.4) is 0 Å². The average Bonchev–Trinajstić information content (AvgIpc) is 3.08. The van der Waals surface area contributed by atoms with E-state index in [1.807, 2.05) is 0 Å². The van der Waals surface area contributed by atoms with Crippen molar-refractivity contribution in [2.24, 2.45) is 11.8 Å². The topological polar surface area (TPSA) is 58.4 Å². The maximum atomic E-state index is 8.77. The minimum absolute atomic E-state index is 0.439. The first kappa shape index (κ1) is 14.9. The van der Waals surface area contributed by atoms with Gasteiger partial charge in [0.2, 0.25) is 5.88 Å². The number of pyridine rings is 1. The molecule has 23 heavy (non-hydrogen) atoms. The van der Waals surface area contributed by atoms with E-state index in [4.69, 9.17) is 14.7 Å². The van der Waals surface area contributed by atoms with Crippen LogP contribution >= 0.6 is 0 Å². The minimum atomic E-state index is 0.439. The lowest BCUT2D eigenvalue weighted by Crippen LogP contribution is -2.39. The average molecular weight is 313 g/mol. The molecule has 5 nitrogen and oxygen atoms in total. The maximum Gasteiger partial charge on any atom is 0.213 e. The first-order valence-corrected chi connectivity index (χ1v) is 8.68. The van der Waals surface area contributed by atoms with Crippen LogP contribution < -0.4 is 4.74 Å². The smallest absolute Gasteiger partial charge is 0.213 e. The molecule has 3 heterocycles. The van der Waals surface area contributed by atoms with Crippen molar-refractivity contribution in [1.82, 2.24) is 9.88 Å². The first-order chi connectivity index (χ1) is 11.3. The van der Waals surface area contributed by atoms with E-state index in [2.05, 4.69) is 16.0 Å². The normalized spacial score (nSPS) is 30.7. The zero-order valence-electron chi connectivity index (χ0n) is 13.4. The highest BCUT2D eigenvalue weighted by Crippen LogP contribution is 2.39. The van der Waals surface area contributed by atoms with Gasteiger partial charge in [0.1, 0.15) is 6.07 Å². The van der Waals surface area contributed by atoms with Gasteiger partial charge in [0.15, 0.2) is 0 Å². The summed E-state index contributed by atoms with van der Waals surface area (Å²) in [6, 6.07) is 6.39. The number of hydrogen-bond acceptors (Lipinski definition) is 5. The SMILES string of the molecule is N#Cc1ccc(OCC[C@@H]2CO[C@@H]3CN(C4CCC4)C[C@H]23)nc1. The lowest BCUT2D eigenvalue weighted by atomic mass is 9.89. The molecule has 0 bridgehead atoms. The highest BCUT2D eigenvalue weighted by atomic mass is 16.5. The van der Waals surface area contributed by atoms with Crippen LogP contribution in [0.4, 0.5) is 0 Å². The number of aromatic nitrogens is 1. The van der Waals surface area contributed by atoms with E-state index in [-0.39, 0.29) is 0 Å². The van der Waals surface area contributed by atoms with Crippen molar-refractivity contribution < 1.29 is 9.47 Å². The molecule has 3 aliphatic rings. The summed E-state index contributed by atoms with van der Waals surface area (Å²) in [5.41, 5.74) is 0.562. The molecule has 5 heteroatoms. The van der Waals surface area contributed by atoms with E-state index in [1.54, 1.807) is 18.3 Å². The predicted octanol–water partition coefficient (Wildman–Crippen LogP) is 2.22. The summed E-state index contributed by atoms with van der Waals surface area (Å²) in [6.07, 6.45) is 7.15. The van der Waals surface area contributed by atoms with Crippen molar-refractivity contribution in [3.05, 3.63) is 23.9 Å². The third-order valence-electron chi connectivity index (χ3n) is 5.66. The minimum Gasteiger partial charge on any atom is -0.478 e. The predicted molar refractivity (Wildman–Crippen MR) is 85.0 cm³/mol. The largest absolute Gasteiger partial charge is 0.478 e. The van der Waals surface area contributed by atoms with E-state index < -0.39 is 0 Å². The summed E-state index contributed by atoms with van der Waals surface area (Å²) in [4.78, 5) is 6.80. The van der Waals surface area contributed by atoms with Crippen molar-refractivity contribution in [2.45, 2.75) is 37.8 Å². The molecule has 0 unspecified atom stereocenters. The molecule has 1 aromatic heterocycles. The van der Waals surface area contributed by atoms with Gasteiger partial charge < -0.3 is 9.47 Å². The second-order valence-corrected chi connectivity index (χ2v) is 6.97. The number of ether oxygens (including phenoxy) is 2. The summed E-state index contributed by atoms with van der Waals surface area (Å²) in [7, 11) is 0. The van der Waals surface area contributed by atoms with E-state index in [9.17, 15) is 0 Å². The van der Waals surface area contributed by atoms with Gasteiger partial charge in [-0.1, -0.05) is 6.42 Å². The fourth-order valence-corrected chi connectivity index (χ4v) is 4.02. The van der Waals surface area contributed by atoms with Crippen molar-refractivity contribution in [3.8, 4) is 11.9 Å². The second-order valence-electron chi connectivity index (χ2n) is 6.97. The molecule has 0 amide bonds. The van der Waals surface area contributed by atoms with Gasteiger partial charge in [-0.2, -0.15) is 5.26 Å². The van der Waals surface area contributed by atoms with Crippen LogP contribution in [0, 0.1) is 23.2 Å². The molecule has 3 atom stereocenters. The molecule has 0 aromatic carbocycles. The van der Waals surface area contributed by atoms with E-state index in [0.29, 0.717) is 36.0 Å². The third-order valence-corrected chi connectivity index (χ3v) is 5.66. The Kier molecular flexibility index (Phi) is 4.19. The van der Waals surface area contributed by atoms with Gasteiger partial charge in [-0.15, -0.1) is 0 Å². The summed E-state index contributed by atoms with van der Waals surface area (Å²) in [5, 5.41) is 8.77. The quantitative estimate of drug-likeness (QED) is 0.834. The van der Waals surface area contributed by atoms with Gasteiger partial charge in [0, 0.05) is 37.3 Å². The molecule has 0 spiro atoms. The Morgan fingerprint density at radius 2 is 2.26 bits per heavy atom. The van der Waals surface area contributed by atoms with Crippen molar-refractivity contribution in [3.63, 3.8) is 0 Å². The van der Waals surface area contributed by atoms with Crippen molar-refractivity contribution >= 4 is 0 Å². The van der Waals surface area contributed by atoms with Crippen molar-refractivity contribution in [2.75, 3.05) is 26.3 Å². The molecular weight excluding hydrogens is 290 g/mol. The molecule has 2 saturated heterocycles. The summed E-state index contributed by atoms with van der Waals surface area (Å²) in [5.74, 6) is 1.87. The summed E-state index contributed by atoms with van der Waals surface area (Å²) < 4.78 is 11.8. The Morgan fingerprint density at radius 1 is 1.35 bits per heavy atom. The maximum absolute atomic E-state index is 8.77. The first-order valence-electron chi connectivity index (χ1n) is 8.68. The molecular formula is C18H23N3O2. The zero-order chi connectivity index (χ0) is 15.6. The van der Waals surface area contributed by atoms with Crippen LogP contribution in [0.5, 0.6) is 5.88 Å². The van der Waals surface area contributed by atoms with Crippen LogP contribution in [-0.2, 0) is 4.74 Å². The molecule has 3 fully saturated rings. The molecule has 0 N–H and O–H groups in total. The van der Waals surface area contributed by atoms with E-state index in [0.717, 1.165) is 25.6 Å². The van der Waals surface area contributed by atoms with Gasteiger partial charge in [-0.05, 0) is 31.2 Å². The Hall–Kier alpha value is -1.64. The summed E-state index contributed by atoms with van der Waals surface area (Å²) in [6.45, 7) is 3.87. The number of likely N-dealkylation sites (tertiary alicyclic amines) is 1. The molecule has 1 aromatic rings. The number of nitrogens with zero attached hydrogens (tertiary/aromatic N) is 3. The Morgan fingerprint density at radius 3 is 2.96 bits per heavy atom. The van der Waals surface area contributed by atoms with E-state index >= 15 is 0 Å². The van der Waals surface area contributed by atoms with Gasteiger partial charge in [-0.25, -0.2) is 4.98 Å². The van der Waals surface area contributed by atoms with Crippen molar-refractivity contribution in [1.29, 1.82) is 5.26 Å². The highest BCUT2D eigenvalue weighted by molar-refractivity contribution is 5.28. The molecule has 4 rings (SSSR count). The number of rotatable bonds is 5. The standard InChI is InChI=1S/C18H23N3O2/c19-8-13-4-5-18(20-9-13)22-7-6-14-12-23-17-11-21(10-16(14)17)15-2-1-3-15/h4-5,9,14-17H,1-3,6-7,10-12H2/t14-,16-,17-/m1/s1.